The monoisotopic (exact) mass is 284 g/mol. The van der Waals surface area contributed by atoms with Crippen LogP contribution >= 0.6 is 0 Å². The van der Waals surface area contributed by atoms with E-state index in [0.29, 0.717) is 18.0 Å². The van der Waals surface area contributed by atoms with Crippen LogP contribution in [0.2, 0.25) is 0 Å². The van der Waals surface area contributed by atoms with Gasteiger partial charge in [-0.05, 0) is 37.6 Å². The lowest BCUT2D eigenvalue weighted by Gasteiger charge is -2.19. The third-order valence-corrected chi connectivity index (χ3v) is 5.15. The van der Waals surface area contributed by atoms with Gasteiger partial charge in [-0.15, -0.1) is 0 Å². The summed E-state index contributed by atoms with van der Waals surface area (Å²) < 4.78 is 26.5. The third-order valence-electron chi connectivity index (χ3n) is 3.15. The molecule has 1 aromatic carbocycles. The van der Waals surface area contributed by atoms with Gasteiger partial charge in [-0.3, -0.25) is 0 Å². The number of rotatable bonds is 7. The molecule has 0 aromatic heterocycles. The number of sulfonamides is 1. The summed E-state index contributed by atoms with van der Waals surface area (Å²) in [5.74, 6) is 0. The maximum Gasteiger partial charge on any atom is 0.243 e. The van der Waals surface area contributed by atoms with Gasteiger partial charge >= 0.3 is 0 Å². The van der Waals surface area contributed by atoms with E-state index in [2.05, 4.69) is 12.2 Å². The van der Waals surface area contributed by atoms with Crippen molar-refractivity contribution in [3.05, 3.63) is 29.3 Å². The Bertz CT molecular complexity index is 512. The molecule has 1 rings (SSSR count). The van der Waals surface area contributed by atoms with Gasteiger partial charge in [-0.1, -0.05) is 25.5 Å². The zero-order valence-electron chi connectivity index (χ0n) is 12.2. The average molecular weight is 284 g/mol. The zero-order chi connectivity index (χ0) is 14.5. The van der Waals surface area contributed by atoms with E-state index in [1.165, 1.54) is 4.31 Å². The van der Waals surface area contributed by atoms with Crippen LogP contribution in [0.5, 0.6) is 0 Å². The topological polar surface area (TPSA) is 49.4 Å². The highest BCUT2D eigenvalue weighted by Crippen LogP contribution is 2.21. The van der Waals surface area contributed by atoms with Gasteiger partial charge in [0.25, 0.3) is 0 Å². The molecule has 19 heavy (non-hydrogen) atoms. The van der Waals surface area contributed by atoms with E-state index in [9.17, 15) is 8.42 Å². The fraction of sp³-hybridized carbons (Fsp3) is 0.571. The van der Waals surface area contributed by atoms with Gasteiger partial charge in [-0.2, -0.15) is 0 Å². The van der Waals surface area contributed by atoms with Gasteiger partial charge in [-0.25, -0.2) is 12.7 Å². The lowest BCUT2D eigenvalue weighted by molar-refractivity contribution is 0.459. The number of nitrogens with one attached hydrogen (secondary N) is 1. The number of nitrogens with zero attached hydrogens (tertiary/aromatic N) is 1. The van der Waals surface area contributed by atoms with Crippen LogP contribution in [0.1, 0.15) is 30.9 Å². The molecule has 108 valence electrons. The van der Waals surface area contributed by atoms with Crippen LogP contribution in [0.15, 0.2) is 23.1 Å². The first kappa shape index (κ1) is 16.1. The molecule has 5 heteroatoms. The summed E-state index contributed by atoms with van der Waals surface area (Å²) in [6, 6.07) is 5.59. The first-order chi connectivity index (χ1) is 8.93. The smallest absolute Gasteiger partial charge is 0.243 e. The molecule has 0 saturated carbocycles. The Kier molecular flexibility index (Phi) is 5.97. The largest absolute Gasteiger partial charge is 0.316 e. The summed E-state index contributed by atoms with van der Waals surface area (Å²) in [5.41, 5.74) is 1.78. The van der Waals surface area contributed by atoms with Gasteiger partial charge < -0.3 is 5.32 Å². The molecule has 0 fully saturated rings. The van der Waals surface area contributed by atoms with E-state index in [1.807, 2.05) is 26.1 Å². The third kappa shape index (κ3) is 4.03. The summed E-state index contributed by atoms with van der Waals surface area (Å²) in [6.07, 6.45) is 1.86. The molecule has 0 spiro atoms. The minimum absolute atomic E-state index is 0.416. The number of unbranched alkanes of at least 4 members (excludes halogenated alkanes) is 1. The molecule has 0 amide bonds. The molecule has 1 aromatic rings. The maximum atomic E-state index is 12.5. The van der Waals surface area contributed by atoms with E-state index < -0.39 is 10.0 Å². The van der Waals surface area contributed by atoms with Crippen molar-refractivity contribution in [2.45, 2.75) is 38.1 Å². The van der Waals surface area contributed by atoms with Crippen molar-refractivity contribution in [3.63, 3.8) is 0 Å². The molecule has 1 N–H and O–H groups in total. The van der Waals surface area contributed by atoms with E-state index >= 15 is 0 Å². The van der Waals surface area contributed by atoms with Crippen molar-refractivity contribution >= 4 is 10.0 Å². The Morgan fingerprint density at radius 2 is 2.00 bits per heavy atom. The Balaban J connectivity index is 3.09. The Morgan fingerprint density at radius 3 is 2.58 bits per heavy atom. The van der Waals surface area contributed by atoms with E-state index in [-0.39, 0.29) is 0 Å². The predicted octanol–water partition coefficient (Wildman–Crippen LogP) is 2.14. The van der Waals surface area contributed by atoms with E-state index in [4.69, 9.17) is 0 Å². The van der Waals surface area contributed by atoms with Crippen LogP contribution in [-0.4, -0.2) is 33.4 Å². The summed E-state index contributed by atoms with van der Waals surface area (Å²) in [5, 5.41) is 3.04. The van der Waals surface area contributed by atoms with Crippen LogP contribution in [0.3, 0.4) is 0 Å². The first-order valence-electron chi connectivity index (χ1n) is 6.64. The normalized spacial score (nSPS) is 12.1. The molecule has 0 bridgehead atoms. The van der Waals surface area contributed by atoms with Gasteiger partial charge in [0, 0.05) is 20.1 Å². The fourth-order valence-electron chi connectivity index (χ4n) is 1.91. The summed E-state index contributed by atoms with van der Waals surface area (Å²) >= 11 is 0. The number of aryl methyl sites for hydroxylation is 1. The van der Waals surface area contributed by atoms with Gasteiger partial charge in [0.2, 0.25) is 10.0 Å². The summed E-state index contributed by atoms with van der Waals surface area (Å²) in [4.78, 5) is 0.416. The van der Waals surface area contributed by atoms with E-state index in [0.717, 1.165) is 24.0 Å². The highest BCUT2D eigenvalue weighted by Gasteiger charge is 2.22. The summed E-state index contributed by atoms with van der Waals surface area (Å²) in [7, 11) is 0.119. The highest BCUT2D eigenvalue weighted by molar-refractivity contribution is 7.89. The Labute approximate surface area is 116 Å². The molecular formula is C14H24N2O2S. The fourth-order valence-corrected chi connectivity index (χ4v) is 3.39. The molecule has 0 radical (unpaired) electrons. The number of hydrogen-bond acceptors (Lipinski definition) is 3. The molecule has 0 heterocycles. The molecule has 0 aliphatic rings. The van der Waals surface area contributed by atoms with Crippen LogP contribution in [0.25, 0.3) is 0 Å². The van der Waals surface area contributed by atoms with Gasteiger partial charge in [0.05, 0.1) is 4.90 Å². The molecule has 0 aliphatic carbocycles. The quantitative estimate of drug-likeness (QED) is 0.834. The Hall–Kier alpha value is -0.910. The first-order valence-corrected chi connectivity index (χ1v) is 8.08. The maximum absolute atomic E-state index is 12.5. The SMILES string of the molecule is CCCCN(C)S(=O)(=O)c1cc(CNC)ccc1C. The van der Waals surface area contributed by atoms with Crippen molar-refractivity contribution in [3.8, 4) is 0 Å². The minimum atomic E-state index is -3.38. The number of benzene rings is 1. The molecule has 0 aliphatic heterocycles. The molecular weight excluding hydrogens is 260 g/mol. The predicted molar refractivity (Wildman–Crippen MR) is 78.7 cm³/mol. The number of hydrogen-bond donors (Lipinski definition) is 1. The van der Waals surface area contributed by atoms with Crippen LogP contribution < -0.4 is 5.32 Å². The standard InChI is InChI=1S/C14H24N2O2S/c1-5-6-9-16(4)19(17,18)14-10-13(11-15-3)8-7-12(14)2/h7-8,10,15H,5-6,9,11H2,1-4H3. The van der Waals surface area contributed by atoms with Crippen LogP contribution in [0, 0.1) is 6.92 Å². The Morgan fingerprint density at radius 1 is 1.32 bits per heavy atom. The minimum Gasteiger partial charge on any atom is -0.316 e. The van der Waals surface area contributed by atoms with Crippen molar-refractivity contribution in [2.24, 2.45) is 0 Å². The highest BCUT2D eigenvalue weighted by atomic mass is 32.2. The van der Waals surface area contributed by atoms with Crippen molar-refractivity contribution < 1.29 is 8.42 Å². The average Bonchev–Trinajstić information content (AvgIpc) is 2.38. The van der Waals surface area contributed by atoms with Crippen molar-refractivity contribution in [2.75, 3.05) is 20.6 Å². The van der Waals surface area contributed by atoms with E-state index in [1.54, 1.807) is 13.1 Å². The zero-order valence-corrected chi connectivity index (χ0v) is 13.0. The second kappa shape index (κ2) is 7.03. The molecule has 4 nitrogen and oxygen atoms in total. The second-order valence-electron chi connectivity index (χ2n) is 4.81. The van der Waals surface area contributed by atoms with Crippen molar-refractivity contribution in [1.82, 2.24) is 9.62 Å². The molecule has 0 atom stereocenters. The van der Waals surface area contributed by atoms with Crippen molar-refractivity contribution in [1.29, 1.82) is 0 Å². The molecule has 0 unspecified atom stereocenters. The van der Waals surface area contributed by atoms with Crippen LogP contribution in [-0.2, 0) is 16.6 Å². The summed E-state index contributed by atoms with van der Waals surface area (Å²) in [6.45, 7) is 5.12. The second-order valence-corrected chi connectivity index (χ2v) is 6.82. The molecule has 0 saturated heterocycles. The van der Waals surface area contributed by atoms with Gasteiger partial charge in [0.15, 0.2) is 0 Å². The van der Waals surface area contributed by atoms with Crippen LogP contribution in [0.4, 0.5) is 0 Å². The lowest BCUT2D eigenvalue weighted by atomic mass is 10.1. The van der Waals surface area contributed by atoms with Gasteiger partial charge in [0.1, 0.15) is 0 Å². The lowest BCUT2D eigenvalue weighted by Crippen LogP contribution is -2.28.